The zero-order chi connectivity index (χ0) is 11.0. The van der Waals surface area contributed by atoms with Crippen molar-refractivity contribution in [1.29, 1.82) is 0 Å². The molecule has 0 spiro atoms. The number of ketones is 1. The number of Topliss-reactive ketones (excluding diaryl/α,β-unsaturated/α-hetero) is 1. The minimum absolute atomic E-state index is 0.0389. The summed E-state index contributed by atoms with van der Waals surface area (Å²) >= 11 is 0. The normalized spacial score (nSPS) is 15.1. The fraction of sp³-hybridized carbons (Fsp3) is 0.417. The van der Waals surface area contributed by atoms with Crippen molar-refractivity contribution in [3.05, 3.63) is 23.3 Å². The molecule has 0 amide bonds. The van der Waals surface area contributed by atoms with Crippen molar-refractivity contribution in [2.45, 2.75) is 25.7 Å². The van der Waals surface area contributed by atoms with Crippen LogP contribution in [0.15, 0.2) is 12.1 Å². The predicted octanol–water partition coefficient (Wildman–Crippen LogP) is 2.36. The summed E-state index contributed by atoms with van der Waals surface area (Å²) in [5.74, 6) is 1.28. The lowest BCUT2D eigenvalue weighted by atomic mass is 9.98. The van der Waals surface area contributed by atoms with Crippen LogP contribution in [0, 0.1) is 0 Å². The summed E-state index contributed by atoms with van der Waals surface area (Å²) in [6.45, 7) is 1.56. The molecule has 0 unspecified atom stereocenters. The van der Waals surface area contributed by atoms with Crippen LogP contribution < -0.4 is 10.5 Å². The van der Waals surface area contributed by atoms with Crippen molar-refractivity contribution < 1.29 is 9.53 Å². The summed E-state index contributed by atoms with van der Waals surface area (Å²) in [6, 6.07) is 3.65. The zero-order valence-electron chi connectivity index (χ0n) is 9.04. The number of anilines is 1. The standard InChI is InChI=1S/C12H15NO2/c1-7(14)12-10(8-3-4-8)5-9(15-2)6-11(12)13/h5-6,8H,3-4,13H2,1-2H3. The minimum atomic E-state index is 0.0389. The third-order valence-electron chi connectivity index (χ3n) is 2.78. The Morgan fingerprint density at radius 2 is 2.13 bits per heavy atom. The second kappa shape index (κ2) is 3.57. The highest BCUT2D eigenvalue weighted by Crippen LogP contribution is 2.44. The van der Waals surface area contributed by atoms with Gasteiger partial charge < -0.3 is 10.5 Å². The Morgan fingerprint density at radius 1 is 1.47 bits per heavy atom. The van der Waals surface area contributed by atoms with Gasteiger partial charge >= 0.3 is 0 Å². The van der Waals surface area contributed by atoms with Gasteiger partial charge in [-0.25, -0.2) is 0 Å². The first-order valence-corrected chi connectivity index (χ1v) is 5.12. The minimum Gasteiger partial charge on any atom is -0.497 e. The predicted molar refractivity (Wildman–Crippen MR) is 59.4 cm³/mol. The molecule has 3 heteroatoms. The lowest BCUT2D eigenvalue weighted by molar-refractivity contribution is 0.101. The molecule has 1 aromatic carbocycles. The molecule has 80 valence electrons. The molecule has 1 aromatic rings. The number of nitrogen functional groups attached to an aromatic ring is 1. The topological polar surface area (TPSA) is 52.3 Å². The lowest BCUT2D eigenvalue weighted by Crippen LogP contribution is -2.05. The Balaban J connectivity index is 2.55. The van der Waals surface area contributed by atoms with Crippen LogP contribution in [0.5, 0.6) is 5.75 Å². The van der Waals surface area contributed by atoms with Gasteiger partial charge in [0.05, 0.1) is 7.11 Å². The molecular weight excluding hydrogens is 190 g/mol. The van der Waals surface area contributed by atoms with Crippen LogP contribution in [0.4, 0.5) is 5.69 Å². The second-order valence-electron chi connectivity index (χ2n) is 4.01. The largest absolute Gasteiger partial charge is 0.497 e. The van der Waals surface area contributed by atoms with E-state index in [-0.39, 0.29) is 5.78 Å². The van der Waals surface area contributed by atoms with Gasteiger partial charge in [-0.2, -0.15) is 0 Å². The van der Waals surface area contributed by atoms with Gasteiger partial charge in [0.2, 0.25) is 0 Å². The number of methoxy groups -OCH3 is 1. The van der Waals surface area contributed by atoms with Crippen molar-refractivity contribution in [1.82, 2.24) is 0 Å². The van der Waals surface area contributed by atoms with Crippen molar-refractivity contribution in [2.24, 2.45) is 0 Å². The van der Waals surface area contributed by atoms with Gasteiger partial charge in [0.25, 0.3) is 0 Å². The van der Waals surface area contributed by atoms with E-state index in [0.29, 0.717) is 17.2 Å². The molecule has 0 heterocycles. The van der Waals surface area contributed by atoms with E-state index >= 15 is 0 Å². The number of ether oxygens (including phenoxy) is 1. The molecule has 0 saturated heterocycles. The molecule has 1 aliphatic rings. The highest BCUT2D eigenvalue weighted by molar-refractivity contribution is 6.01. The van der Waals surface area contributed by atoms with E-state index in [4.69, 9.17) is 10.5 Å². The molecule has 0 radical (unpaired) electrons. The molecule has 0 atom stereocenters. The fourth-order valence-electron chi connectivity index (χ4n) is 1.90. The maximum Gasteiger partial charge on any atom is 0.162 e. The van der Waals surface area contributed by atoms with E-state index in [9.17, 15) is 4.79 Å². The van der Waals surface area contributed by atoms with Gasteiger partial charge in [-0.3, -0.25) is 4.79 Å². The Morgan fingerprint density at radius 3 is 2.60 bits per heavy atom. The number of benzene rings is 1. The van der Waals surface area contributed by atoms with Crippen molar-refractivity contribution in [3.8, 4) is 5.75 Å². The van der Waals surface area contributed by atoms with E-state index in [0.717, 1.165) is 24.2 Å². The first kappa shape index (κ1) is 10.0. The molecule has 0 bridgehead atoms. The van der Waals surface area contributed by atoms with Crippen LogP contribution in [0.25, 0.3) is 0 Å². The second-order valence-corrected chi connectivity index (χ2v) is 4.01. The van der Waals surface area contributed by atoms with Gasteiger partial charge in [0.15, 0.2) is 5.78 Å². The SMILES string of the molecule is COc1cc(N)c(C(C)=O)c(C2CC2)c1. The van der Waals surface area contributed by atoms with Crippen molar-refractivity contribution in [2.75, 3.05) is 12.8 Å². The smallest absolute Gasteiger partial charge is 0.162 e. The van der Waals surface area contributed by atoms with E-state index in [1.165, 1.54) is 0 Å². The van der Waals surface area contributed by atoms with Gasteiger partial charge in [-0.15, -0.1) is 0 Å². The first-order valence-electron chi connectivity index (χ1n) is 5.12. The third-order valence-corrected chi connectivity index (χ3v) is 2.78. The number of hydrogen-bond donors (Lipinski definition) is 1. The Bertz CT molecular complexity index is 408. The van der Waals surface area contributed by atoms with Gasteiger partial charge in [-0.05, 0) is 37.3 Å². The van der Waals surface area contributed by atoms with Crippen LogP contribution in [-0.4, -0.2) is 12.9 Å². The molecule has 2 N–H and O–H groups in total. The van der Waals surface area contributed by atoms with E-state index in [1.807, 2.05) is 6.07 Å². The summed E-state index contributed by atoms with van der Waals surface area (Å²) in [6.07, 6.45) is 2.29. The lowest BCUT2D eigenvalue weighted by Gasteiger charge is -2.11. The Kier molecular flexibility index (Phi) is 2.39. The number of rotatable bonds is 3. The number of carbonyl (C=O) groups is 1. The van der Waals surface area contributed by atoms with Crippen LogP contribution in [0.3, 0.4) is 0 Å². The molecule has 1 fully saturated rings. The molecule has 3 nitrogen and oxygen atoms in total. The summed E-state index contributed by atoms with van der Waals surface area (Å²) in [7, 11) is 1.61. The highest BCUT2D eigenvalue weighted by Gasteiger charge is 2.28. The monoisotopic (exact) mass is 205 g/mol. The average molecular weight is 205 g/mol. The molecule has 15 heavy (non-hydrogen) atoms. The maximum absolute atomic E-state index is 11.5. The average Bonchev–Trinajstić information content (AvgIpc) is 2.98. The molecule has 2 rings (SSSR count). The molecule has 1 aliphatic carbocycles. The van der Waals surface area contributed by atoms with E-state index in [1.54, 1.807) is 20.1 Å². The highest BCUT2D eigenvalue weighted by atomic mass is 16.5. The fourth-order valence-corrected chi connectivity index (χ4v) is 1.90. The van der Waals surface area contributed by atoms with E-state index < -0.39 is 0 Å². The molecule has 0 aliphatic heterocycles. The first-order chi connectivity index (χ1) is 7.13. The Labute approximate surface area is 89.2 Å². The van der Waals surface area contributed by atoms with Gasteiger partial charge in [0.1, 0.15) is 5.75 Å². The summed E-state index contributed by atoms with van der Waals surface area (Å²) in [4.78, 5) is 11.5. The van der Waals surface area contributed by atoms with E-state index in [2.05, 4.69) is 0 Å². The van der Waals surface area contributed by atoms with Crippen LogP contribution in [0.2, 0.25) is 0 Å². The summed E-state index contributed by atoms with van der Waals surface area (Å²) in [5.41, 5.74) is 8.13. The van der Waals surface area contributed by atoms with Crippen LogP contribution in [-0.2, 0) is 0 Å². The third kappa shape index (κ3) is 1.82. The Hall–Kier alpha value is -1.51. The molecule has 1 saturated carbocycles. The van der Waals surface area contributed by atoms with Crippen LogP contribution >= 0.6 is 0 Å². The van der Waals surface area contributed by atoms with Gasteiger partial charge in [0, 0.05) is 17.3 Å². The zero-order valence-corrected chi connectivity index (χ0v) is 9.04. The number of carbonyl (C=O) groups excluding carboxylic acids is 1. The quantitative estimate of drug-likeness (QED) is 0.608. The maximum atomic E-state index is 11.5. The van der Waals surface area contributed by atoms with Crippen molar-refractivity contribution >= 4 is 11.5 Å². The molecular formula is C12H15NO2. The van der Waals surface area contributed by atoms with Gasteiger partial charge in [-0.1, -0.05) is 0 Å². The summed E-state index contributed by atoms with van der Waals surface area (Å²) in [5, 5.41) is 0. The van der Waals surface area contributed by atoms with Crippen LogP contribution in [0.1, 0.15) is 41.6 Å². The summed E-state index contributed by atoms with van der Waals surface area (Å²) < 4.78 is 5.16. The number of hydrogen-bond acceptors (Lipinski definition) is 3. The van der Waals surface area contributed by atoms with Crippen molar-refractivity contribution in [3.63, 3.8) is 0 Å². The number of nitrogens with two attached hydrogens (primary N) is 1. The molecule has 0 aromatic heterocycles.